The van der Waals surface area contributed by atoms with Crippen molar-refractivity contribution in [1.29, 1.82) is 0 Å². The number of hydrogen-bond donors (Lipinski definition) is 1. The molecular formula is C11H20N6. The maximum absolute atomic E-state index is 5.74. The Morgan fingerprint density at radius 3 is 2.53 bits per heavy atom. The summed E-state index contributed by atoms with van der Waals surface area (Å²) in [6, 6.07) is 0. The fourth-order valence-corrected chi connectivity index (χ4v) is 1.92. The van der Waals surface area contributed by atoms with E-state index in [1.807, 2.05) is 11.9 Å². The van der Waals surface area contributed by atoms with Gasteiger partial charge in [0.05, 0.1) is 0 Å². The molecule has 94 valence electrons. The van der Waals surface area contributed by atoms with Gasteiger partial charge in [-0.15, -0.1) is 0 Å². The van der Waals surface area contributed by atoms with Crippen molar-refractivity contribution < 1.29 is 0 Å². The predicted octanol–water partition coefficient (Wildman–Crippen LogP) is 0.900. The maximum Gasteiger partial charge on any atom is 0.231 e. The average Bonchev–Trinajstić information content (AvgIpc) is 2.38. The molecule has 1 aromatic heterocycles. The summed E-state index contributed by atoms with van der Waals surface area (Å²) >= 11 is 0. The van der Waals surface area contributed by atoms with Crippen LogP contribution in [0.4, 0.5) is 17.8 Å². The summed E-state index contributed by atoms with van der Waals surface area (Å²) in [7, 11) is 1.95. The standard InChI is InChI=1S/C11H20N6/c1-3-16(2)10-13-9(12)14-11(15-10)17-7-5-4-6-8-17/h3-8H2,1-2H3,(H2,12,13,14,15). The van der Waals surface area contributed by atoms with Crippen LogP contribution in [0, 0.1) is 0 Å². The minimum absolute atomic E-state index is 0.302. The van der Waals surface area contributed by atoms with Gasteiger partial charge in [0.2, 0.25) is 17.8 Å². The van der Waals surface area contributed by atoms with Crippen LogP contribution in [0.25, 0.3) is 0 Å². The molecule has 0 aliphatic carbocycles. The van der Waals surface area contributed by atoms with Crippen molar-refractivity contribution >= 4 is 17.8 Å². The highest BCUT2D eigenvalue weighted by Gasteiger charge is 2.16. The van der Waals surface area contributed by atoms with Gasteiger partial charge in [0.1, 0.15) is 0 Å². The van der Waals surface area contributed by atoms with Gasteiger partial charge in [0.15, 0.2) is 0 Å². The molecule has 1 aromatic rings. The molecule has 2 rings (SSSR count). The normalized spacial score (nSPS) is 16.0. The molecule has 1 aliphatic rings. The summed E-state index contributed by atoms with van der Waals surface area (Å²) in [5.74, 6) is 1.67. The van der Waals surface area contributed by atoms with E-state index in [9.17, 15) is 0 Å². The zero-order chi connectivity index (χ0) is 12.3. The third-order valence-corrected chi connectivity index (χ3v) is 3.08. The van der Waals surface area contributed by atoms with Crippen molar-refractivity contribution in [3.8, 4) is 0 Å². The molecule has 6 nitrogen and oxygen atoms in total. The predicted molar refractivity (Wildman–Crippen MR) is 69.2 cm³/mol. The summed E-state index contributed by atoms with van der Waals surface area (Å²) in [6.45, 7) is 4.93. The monoisotopic (exact) mass is 236 g/mol. The van der Waals surface area contributed by atoms with Gasteiger partial charge in [-0.25, -0.2) is 0 Å². The Kier molecular flexibility index (Phi) is 3.61. The van der Waals surface area contributed by atoms with Gasteiger partial charge in [0.25, 0.3) is 0 Å². The highest BCUT2D eigenvalue weighted by Crippen LogP contribution is 2.18. The molecule has 0 radical (unpaired) electrons. The second-order valence-corrected chi connectivity index (χ2v) is 4.36. The lowest BCUT2D eigenvalue weighted by atomic mass is 10.1. The molecule has 1 fully saturated rings. The van der Waals surface area contributed by atoms with Crippen molar-refractivity contribution in [2.24, 2.45) is 0 Å². The largest absolute Gasteiger partial charge is 0.368 e. The minimum Gasteiger partial charge on any atom is -0.368 e. The van der Waals surface area contributed by atoms with E-state index < -0.39 is 0 Å². The summed E-state index contributed by atoms with van der Waals surface area (Å²) in [5, 5.41) is 0. The number of nitrogens with two attached hydrogens (primary N) is 1. The second kappa shape index (κ2) is 5.16. The fraction of sp³-hybridized carbons (Fsp3) is 0.727. The van der Waals surface area contributed by atoms with E-state index >= 15 is 0 Å². The Labute approximate surface area is 102 Å². The topological polar surface area (TPSA) is 71.2 Å². The zero-order valence-corrected chi connectivity index (χ0v) is 10.6. The lowest BCUT2D eigenvalue weighted by Crippen LogP contribution is -2.32. The molecular weight excluding hydrogens is 216 g/mol. The van der Waals surface area contributed by atoms with Crippen molar-refractivity contribution in [1.82, 2.24) is 15.0 Å². The number of piperidine rings is 1. The van der Waals surface area contributed by atoms with Gasteiger partial charge < -0.3 is 15.5 Å². The van der Waals surface area contributed by atoms with Crippen LogP contribution in [0.3, 0.4) is 0 Å². The number of nitrogen functional groups attached to an aromatic ring is 1. The zero-order valence-electron chi connectivity index (χ0n) is 10.6. The Bertz CT molecular complexity index is 374. The molecule has 0 saturated carbocycles. The van der Waals surface area contributed by atoms with Gasteiger partial charge in [-0.3, -0.25) is 0 Å². The van der Waals surface area contributed by atoms with Gasteiger partial charge in [-0.1, -0.05) is 0 Å². The second-order valence-electron chi connectivity index (χ2n) is 4.36. The Hall–Kier alpha value is -1.59. The van der Waals surface area contributed by atoms with Crippen LogP contribution in [0.5, 0.6) is 0 Å². The van der Waals surface area contributed by atoms with E-state index in [4.69, 9.17) is 5.73 Å². The van der Waals surface area contributed by atoms with E-state index in [1.54, 1.807) is 0 Å². The number of aromatic nitrogens is 3. The highest BCUT2D eigenvalue weighted by atomic mass is 15.3. The van der Waals surface area contributed by atoms with Gasteiger partial charge in [-0.05, 0) is 26.2 Å². The number of hydrogen-bond acceptors (Lipinski definition) is 6. The summed E-state index contributed by atoms with van der Waals surface area (Å²) in [5.41, 5.74) is 5.74. The first kappa shape index (κ1) is 11.9. The van der Waals surface area contributed by atoms with E-state index in [0.29, 0.717) is 17.8 Å². The lowest BCUT2D eigenvalue weighted by molar-refractivity contribution is 0.567. The lowest BCUT2D eigenvalue weighted by Gasteiger charge is -2.27. The summed E-state index contributed by atoms with van der Waals surface area (Å²) < 4.78 is 0. The van der Waals surface area contributed by atoms with Crippen LogP contribution in [0.1, 0.15) is 26.2 Å². The molecule has 0 aromatic carbocycles. The van der Waals surface area contributed by atoms with Crippen molar-refractivity contribution in [2.45, 2.75) is 26.2 Å². The third kappa shape index (κ3) is 2.75. The molecule has 17 heavy (non-hydrogen) atoms. The Morgan fingerprint density at radius 1 is 1.18 bits per heavy atom. The van der Waals surface area contributed by atoms with E-state index in [0.717, 1.165) is 19.6 Å². The molecule has 2 N–H and O–H groups in total. The van der Waals surface area contributed by atoms with Gasteiger partial charge >= 0.3 is 0 Å². The van der Waals surface area contributed by atoms with Gasteiger partial charge in [0, 0.05) is 26.7 Å². The first-order valence-electron chi connectivity index (χ1n) is 6.18. The molecule has 0 bridgehead atoms. The number of rotatable bonds is 3. The highest BCUT2D eigenvalue weighted by molar-refractivity contribution is 5.43. The van der Waals surface area contributed by atoms with Crippen LogP contribution < -0.4 is 15.5 Å². The van der Waals surface area contributed by atoms with Crippen LogP contribution in [0.15, 0.2) is 0 Å². The van der Waals surface area contributed by atoms with Crippen molar-refractivity contribution in [3.63, 3.8) is 0 Å². The smallest absolute Gasteiger partial charge is 0.231 e. The molecule has 2 heterocycles. The SMILES string of the molecule is CCN(C)c1nc(N)nc(N2CCCCC2)n1. The molecule has 6 heteroatoms. The van der Waals surface area contributed by atoms with Crippen molar-refractivity contribution in [2.75, 3.05) is 42.2 Å². The fourth-order valence-electron chi connectivity index (χ4n) is 1.92. The van der Waals surface area contributed by atoms with Crippen molar-refractivity contribution in [3.05, 3.63) is 0 Å². The van der Waals surface area contributed by atoms with Crippen LogP contribution in [-0.4, -0.2) is 41.6 Å². The Balaban J connectivity index is 2.24. The van der Waals surface area contributed by atoms with E-state index in [1.165, 1.54) is 19.3 Å². The third-order valence-electron chi connectivity index (χ3n) is 3.08. The van der Waals surface area contributed by atoms with Crippen LogP contribution >= 0.6 is 0 Å². The molecule has 0 atom stereocenters. The minimum atomic E-state index is 0.302. The maximum atomic E-state index is 5.74. The molecule has 1 saturated heterocycles. The van der Waals surface area contributed by atoms with Crippen LogP contribution in [0.2, 0.25) is 0 Å². The van der Waals surface area contributed by atoms with E-state index in [2.05, 4.69) is 26.8 Å². The average molecular weight is 236 g/mol. The molecule has 1 aliphatic heterocycles. The van der Waals surface area contributed by atoms with Gasteiger partial charge in [-0.2, -0.15) is 15.0 Å². The first-order chi connectivity index (χ1) is 8.20. The molecule has 0 spiro atoms. The molecule has 0 unspecified atom stereocenters. The molecule has 0 amide bonds. The quantitative estimate of drug-likeness (QED) is 0.840. The van der Waals surface area contributed by atoms with E-state index in [-0.39, 0.29) is 0 Å². The summed E-state index contributed by atoms with van der Waals surface area (Å²) in [6.07, 6.45) is 3.69. The number of anilines is 3. The Morgan fingerprint density at radius 2 is 1.88 bits per heavy atom. The number of nitrogens with zero attached hydrogens (tertiary/aromatic N) is 5. The first-order valence-corrected chi connectivity index (χ1v) is 6.18. The summed E-state index contributed by atoms with van der Waals surface area (Å²) in [4.78, 5) is 17.0. The van der Waals surface area contributed by atoms with Crippen LogP contribution in [-0.2, 0) is 0 Å².